The van der Waals surface area contributed by atoms with Crippen LogP contribution in [0.25, 0.3) is 0 Å². The van der Waals surface area contributed by atoms with Crippen LogP contribution in [0, 0.1) is 22.6 Å². The van der Waals surface area contributed by atoms with E-state index in [4.69, 9.17) is 0 Å². The Hall–Kier alpha value is -2.77. The van der Waals surface area contributed by atoms with E-state index >= 15 is 0 Å². The number of alkyl halides is 6. The number of nitriles is 1. The zero-order valence-corrected chi connectivity index (χ0v) is 17.2. The number of hydrogen-bond donors (Lipinski definition) is 0. The van der Waals surface area contributed by atoms with Crippen molar-refractivity contribution in [3.8, 4) is 6.07 Å². The first kappa shape index (κ1) is 25.5. The lowest BCUT2D eigenvalue weighted by Crippen LogP contribution is -2.54. The fourth-order valence-electron chi connectivity index (χ4n) is 4.03. The minimum absolute atomic E-state index is 0.0215. The van der Waals surface area contributed by atoms with Gasteiger partial charge in [0.05, 0.1) is 23.2 Å². The molecule has 0 aromatic heterocycles. The molecule has 1 aromatic carbocycles. The Bertz CT molecular complexity index is 947. The minimum Gasteiger partial charge on any atom is -0.549 e. The molecule has 2 unspecified atom stereocenters. The van der Waals surface area contributed by atoms with Crippen LogP contribution in [-0.4, -0.2) is 30.1 Å². The van der Waals surface area contributed by atoms with Crippen LogP contribution < -0.4 is 5.11 Å². The molecule has 1 aliphatic heterocycles. The van der Waals surface area contributed by atoms with E-state index in [9.17, 15) is 45.9 Å². The number of benzene rings is 1. The van der Waals surface area contributed by atoms with E-state index in [0.29, 0.717) is 0 Å². The molecule has 11 heteroatoms. The number of rotatable bonds is 6. The summed E-state index contributed by atoms with van der Waals surface area (Å²) in [4.78, 5) is 13.5. The number of carboxylic acids is 1. The average Bonchev–Trinajstić information content (AvgIpc) is 2.66. The number of carbonyl (C=O) groups excluding carboxylic acids is 1. The van der Waals surface area contributed by atoms with Crippen molar-refractivity contribution in [1.82, 2.24) is 4.90 Å². The summed E-state index contributed by atoms with van der Waals surface area (Å²) in [7, 11) is 0. The standard InChI is InChI=1S/C21H21F7N2O2/c1-12-15(10-29)17(14-6-5-13(22)9-16(14)21(26,27)28)19(2,18(31)32)11-30(12)8-4-3-7-20(23,24)25/h5-6,9,17H,3-4,7-8,11H2,1-2H3,(H,31,32)/p-1. The molecule has 1 aromatic rings. The maximum atomic E-state index is 13.6. The van der Waals surface area contributed by atoms with Crippen molar-refractivity contribution in [3.63, 3.8) is 0 Å². The van der Waals surface area contributed by atoms with Crippen LogP contribution in [0.15, 0.2) is 29.5 Å². The van der Waals surface area contributed by atoms with Crippen molar-refractivity contribution in [3.05, 3.63) is 46.4 Å². The summed E-state index contributed by atoms with van der Waals surface area (Å²) in [6.45, 7) is 2.08. The number of aliphatic carboxylic acids is 1. The molecule has 2 atom stereocenters. The van der Waals surface area contributed by atoms with E-state index in [2.05, 4.69) is 0 Å². The summed E-state index contributed by atoms with van der Waals surface area (Å²) in [5, 5.41) is 21.8. The van der Waals surface area contributed by atoms with Gasteiger partial charge in [-0.05, 0) is 37.5 Å². The number of hydrogen-bond acceptors (Lipinski definition) is 4. The lowest BCUT2D eigenvalue weighted by Gasteiger charge is -2.48. The first-order valence-electron chi connectivity index (χ1n) is 9.62. The molecular formula is C21H20F7N2O2-. The number of nitrogens with zero attached hydrogens (tertiary/aromatic N) is 2. The molecule has 0 spiro atoms. The first-order valence-corrected chi connectivity index (χ1v) is 9.62. The second kappa shape index (κ2) is 9.00. The Balaban J connectivity index is 2.56. The lowest BCUT2D eigenvalue weighted by atomic mass is 9.66. The Morgan fingerprint density at radius 1 is 1.25 bits per heavy atom. The molecule has 1 heterocycles. The van der Waals surface area contributed by atoms with E-state index in [-0.39, 0.29) is 36.7 Å². The third kappa shape index (κ3) is 5.34. The van der Waals surface area contributed by atoms with E-state index in [0.717, 1.165) is 19.1 Å². The molecule has 4 nitrogen and oxygen atoms in total. The predicted molar refractivity (Wildman–Crippen MR) is 97.0 cm³/mol. The molecule has 1 aliphatic rings. The minimum atomic E-state index is -5.02. The van der Waals surface area contributed by atoms with Crippen molar-refractivity contribution in [1.29, 1.82) is 5.26 Å². The molecule has 32 heavy (non-hydrogen) atoms. The van der Waals surface area contributed by atoms with E-state index < -0.39 is 59.6 Å². The smallest absolute Gasteiger partial charge is 0.416 e. The largest absolute Gasteiger partial charge is 0.549 e. The van der Waals surface area contributed by atoms with Crippen molar-refractivity contribution in [2.24, 2.45) is 5.41 Å². The Labute approximate surface area is 179 Å². The lowest BCUT2D eigenvalue weighted by molar-refractivity contribution is -0.320. The van der Waals surface area contributed by atoms with Crippen LogP contribution in [0.5, 0.6) is 0 Å². The van der Waals surface area contributed by atoms with Gasteiger partial charge in [-0.1, -0.05) is 13.0 Å². The Morgan fingerprint density at radius 3 is 2.38 bits per heavy atom. The number of allylic oxidation sites excluding steroid dienone is 2. The van der Waals surface area contributed by atoms with Gasteiger partial charge in [0.25, 0.3) is 0 Å². The molecule has 0 radical (unpaired) electrons. The molecular weight excluding hydrogens is 445 g/mol. The summed E-state index contributed by atoms with van der Waals surface area (Å²) < 4.78 is 91.5. The van der Waals surface area contributed by atoms with Gasteiger partial charge < -0.3 is 14.8 Å². The molecule has 0 bridgehead atoms. The highest BCUT2D eigenvalue weighted by atomic mass is 19.4. The predicted octanol–water partition coefficient (Wildman–Crippen LogP) is 4.53. The van der Waals surface area contributed by atoms with Crippen LogP contribution in [0.3, 0.4) is 0 Å². The SMILES string of the molecule is CC1=C(C#N)C(c2ccc(F)cc2C(F)(F)F)C(C)(C(=O)[O-])CN1CCCCC(F)(F)F. The van der Waals surface area contributed by atoms with E-state index in [1.807, 2.05) is 0 Å². The van der Waals surface area contributed by atoms with Crippen LogP contribution in [-0.2, 0) is 11.0 Å². The zero-order chi connectivity index (χ0) is 24.5. The first-order chi connectivity index (χ1) is 14.6. The number of unbranched alkanes of at least 4 members (excludes halogenated alkanes) is 1. The van der Waals surface area contributed by atoms with Gasteiger partial charge in [-0.2, -0.15) is 31.6 Å². The van der Waals surface area contributed by atoms with Crippen molar-refractivity contribution < 1.29 is 40.6 Å². The van der Waals surface area contributed by atoms with Gasteiger partial charge in [-0.15, -0.1) is 0 Å². The molecule has 0 fully saturated rings. The highest BCUT2D eigenvalue weighted by Crippen LogP contribution is 2.50. The molecule has 176 valence electrons. The number of carbonyl (C=O) groups is 1. The maximum Gasteiger partial charge on any atom is 0.416 e. The zero-order valence-electron chi connectivity index (χ0n) is 17.2. The Kier molecular flexibility index (Phi) is 7.17. The van der Waals surface area contributed by atoms with E-state index in [1.165, 1.54) is 11.8 Å². The van der Waals surface area contributed by atoms with Crippen LogP contribution in [0.1, 0.15) is 50.2 Å². The Morgan fingerprint density at radius 2 is 1.88 bits per heavy atom. The highest BCUT2D eigenvalue weighted by molar-refractivity contribution is 5.76. The molecule has 2 rings (SSSR count). The highest BCUT2D eigenvalue weighted by Gasteiger charge is 2.48. The van der Waals surface area contributed by atoms with Gasteiger partial charge in [0.2, 0.25) is 0 Å². The normalized spacial score (nSPS) is 22.1. The third-order valence-corrected chi connectivity index (χ3v) is 5.67. The van der Waals surface area contributed by atoms with Gasteiger partial charge in [-0.3, -0.25) is 0 Å². The maximum absolute atomic E-state index is 13.6. The number of carboxylic acid groups (broad SMARTS) is 1. The fraction of sp³-hybridized carbons (Fsp3) is 0.524. The van der Waals surface area contributed by atoms with Crippen molar-refractivity contribution in [2.45, 2.75) is 51.4 Å². The monoisotopic (exact) mass is 465 g/mol. The summed E-state index contributed by atoms with van der Waals surface area (Å²) in [5.41, 5.74) is -4.17. The number of halogens is 7. The molecule has 0 aliphatic carbocycles. The third-order valence-electron chi connectivity index (χ3n) is 5.67. The molecule has 0 N–H and O–H groups in total. The van der Waals surface area contributed by atoms with Crippen molar-refractivity contribution >= 4 is 5.97 Å². The van der Waals surface area contributed by atoms with Gasteiger partial charge in [-0.25, -0.2) is 4.39 Å². The topological polar surface area (TPSA) is 67.2 Å². The average molecular weight is 465 g/mol. The quantitative estimate of drug-likeness (QED) is 0.458. The summed E-state index contributed by atoms with van der Waals surface area (Å²) in [5.74, 6) is -4.51. The molecule has 0 saturated heterocycles. The summed E-state index contributed by atoms with van der Waals surface area (Å²) >= 11 is 0. The van der Waals surface area contributed by atoms with Crippen LogP contribution in [0.4, 0.5) is 30.7 Å². The van der Waals surface area contributed by atoms with Crippen LogP contribution in [0.2, 0.25) is 0 Å². The second-order valence-electron chi connectivity index (χ2n) is 7.97. The fourth-order valence-corrected chi connectivity index (χ4v) is 4.03. The van der Waals surface area contributed by atoms with Gasteiger partial charge in [0.1, 0.15) is 5.82 Å². The van der Waals surface area contributed by atoms with E-state index in [1.54, 1.807) is 6.07 Å². The molecule has 0 saturated carbocycles. The van der Waals surface area contributed by atoms with Gasteiger partial charge >= 0.3 is 12.4 Å². The molecule has 0 amide bonds. The van der Waals surface area contributed by atoms with Crippen molar-refractivity contribution in [2.75, 3.05) is 13.1 Å². The second-order valence-corrected chi connectivity index (χ2v) is 7.97. The summed E-state index contributed by atoms with van der Waals surface area (Å²) in [6, 6.07) is 3.53. The van der Waals surface area contributed by atoms with Gasteiger partial charge in [0.15, 0.2) is 0 Å². The van der Waals surface area contributed by atoms with Gasteiger partial charge in [0, 0.05) is 36.5 Å². The van der Waals surface area contributed by atoms with Crippen LogP contribution >= 0.6 is 0 Å². The summed E-state index contributed by atoms with van der Waals surface area (Å²) in [6.07, 6.45) is -10.6.